The largest absolute Gasteiger partial charge is 0.345 e. The molecule has 1 aliphatic rings. The van der Waals surface area contributed by atoms with Gasteiger partial charge >= 0.3 is 6.03 Å². The third kappa shape index (κ3) is 2.34. The van der Waals surface area contributed by atoms with E-state index in [1.165, 1.54) is 22.1 Å². The maximum absolute atomic E-state index is 11.5. The van der Waals surface area contributed by atoms with E-state index in [-0.39, 0.29) is 25.0 Å². The summed E-state index contributed by atoms with van der Waals surface area (Å²) >= 11 is 0. The second-order valence-electron chi connectivity index (χ2n) is 3.70. The number of nitrogens with zero attached hydrogens (tertiary/aromatic N) is 3. The summed E-state index contributed by atoms with van der Waals surface area (Å²) in [6.45, 7) is 0.401. The minimum absolute atomic E-state index is 0.00232. The van der Waals surface area contributed by atoms with E-state index in [1.807, 2.05) is 0 Å². The molecule has 7 nitrogen and oxygen atoms in total. The fourth-order valence-corrected chi connectivity index (χ4v) is 1.50. The summed E-state index contributed by atoms with van der Waals surface area (Å²) in [5.74, 6) is 0. The molecular weight excluding hydrogens is 226 g/mol. The summed E-state index contributed by atoms with van der Waals surface area (Å²) in [5.41, 5.74) is 0.658. The van der Waals surface area contributed by atoms with E-state index in [4.69, 9.17) is 4.84 Å². The van der Waals surface area contributed by atoms with Gasteiger partial charge in [-0.25, -0.2) is 9.63 Å². The quantitative estimate of drug-likeness (QED) is 0.587. The van der Waals surface area contributed by atoms with Crippen molar-refractivity contribution in [3.63, 3.8) is 0 Å². The Bertz CT molecular complexity index is 463. The molecule has 1 aromatic carbocycles. The van der Waals surface area contributed by atoms with Crippen LogP contribution in [0.1, 0.15) is 5.56 Å². The zero-order valence-electron chi connectivity index (χ0n) is 9.20. The fraction of sp³-hybridized carbons (Fsp3) is 0.300. The lowest BCUT2D eigenvalue weighted by atomic mass is 10.2. The average Bonchev–Trinajstić information content (AvgIpc) is 2.61. The molecule has 1 fully saturated rings. The molecule has 0 spiro atoms. The number of nitro groups is 1. The highest BCUT2D eigenvalue weighted by Gasteiger charge is 2.26. The molecule has 0 bridgehead atoms. The number of hydrogen-bond donors (Lipinski definition) is 0. The van der Waals surface area contributed by atoms with Crippen molar-refractivity contribution in [1.82, 2.24) is 9.96 Å². The van der Waals surface area contributed by atoms with Gasteiger partial charge in [-0.3, -0.25) is 10.1 Å². The first-order valence-corrected chi connectivity index (χ1v) is 4.97. The van der Waals surface area contributed by atoms with E-state index < -0.39 is 4.92 Å². The smallest absolute Gasteiger partial charge is 0.300 e. The van der Waals surface area contributed by atoms with Crippen LogP contribution >= 0.6 is 0 Å². The fourth-order valence-electron chi connectivity index (χ4n) is 1.50. The lowest BCUT2D eigenvalue weighted by molar-refractivity contribution is -0.384. The van der Waals surface area contributed by atoms with E-state index in [0.29, 0.717) is 5.56 Å². The van der Waals surface area contributed by atoms with Crippen molar-refractivity contribution >= 4 is 11.7 Å². The minimum Gasteiger partial charge on any atom is -0.300 e. The number of carbonyl (C=O) groups is 1. The van der Waals surface area contributed by atoms with Crippen molar-refractivity contribution in [1.29, 1.82) is 0 Å². The topological polar surface area (TPSA) is 75.9 Å². The van der Waals surface area contributed by atoms with E-state index in [2.05, 4.69) is 0 Å². The molecule has 7 heteroatoms. The molecule has 0 atom stereocenters. The van der Waals surface area contributed by atoms with Gasteiger partial charge in [-0.1, -0.05) is 12.1 Å². The maximum Gasteiger partial charge on any atom is 0.345 e. The summed E-state index contributed by atoms with van der Waals surface area (Å²) in [5, 5.41) is 11.8. The van der Waals surface area contributed by atoms with Gasteiger partial charge in [-0.2, -0.15) is 5.06 Å². The summed E-state index contributed by atoms with van der Waals surface area (Å²) in [6, 6.07) is 5.87. The second kappa shape index (κ2) is 4.38. The number of hydrogen-bond acceptors (Lipinski definition) is 4. The van der Waals surface area contributed by atoms with Gasteiger partial charge in [-0.05, 0) is 5.56 Å². The number of non-ortho nitro benzene ring substituents is 1. The number of carbonyl (C=O) groups excluding carboxylic acids is 1. The number of benzene rings is 1. The molecule has 1 heterocycles. The van der Waals surface area contributed by atoms with E-state index in [1.54, 1.807) is 19.2 Å². The zero-order chi connectivity index (χ0) is 12.4. The molecule has 17 heavy (non-hydrogen) atoms. The predicted molar refractivity (Wildman–Crippen MR) is 57.8 cm³/mol. The van der Waals surface area contributed by atoms with Crippen LogP contribution in [0.25, 0.3) is 0 Å². The van der Waals surface area contributed by atoms with Crippen LogP contribution in [0.3, 0.4) is 0 Å². The van der Waals surface area contributed by atoms with Crippen molar-refractivity contribution in [3.05, 3.63) is 39.9 Å². The highest BCUT2D eigenvalue weighted by molar-refractivity contribution is 5.74. The van der Waals surface area contributed by atoms with Gasteiger partial charge < -0.3 is 4.90 Å². The van der Waals surface area contributed by atoms with Crippen LogP contribution < -0.4 is 0 Å². The minimum atomic E-state index is -0.470. The Hall–Kier alpha value is -2.15. The third-order valence-electron chi connectivity index (χ3n) is 2.39. The molecule has 0 saturated carbocycles. The SMILES string of the molecule is CN1CON(Cc2cccc([N+](=O)[O-])c2)C1=O. The predicted octanol–water partition coefficient (Wildman–Crippen LogP) is 1.35. The van der Waals surface area contributed by atoms with Crippen LogP contribution in [-0.2, 0) is 11.4 Å². The summed E-state index contributed by atoms with van der Waals surface area (Å²) < 4.78 is 0. The molecule has 1 saturated heterocycles. The normalized spacial score (nSPS) is 15.5. The lowest BCUT2D eigenvalue weighted by Gasteiger charge is -2.12. The number of hydroxylamine groups is 2. The first kappa shape index (κ1) is 11.3. The lowest BCUT2D eigenvalue weighted by Crippen LogP contribution is -2.28. The van der Waals surface area contributed by atoms with Crippen molar-refractivity contribution in [2.24, 2.45) is 0 Å². The van der Waals surface area contributed by atoms with Gasteiger partial charge in [0.1, 0.15) is 0 Å². The first-order valence-electron chi connectivity index (χ1n) is 4.97. The van der Waals surface area contributed by atoms with Crippen LogP contribution in [0, 0.1) is 10.1 Å². The molecule has 0 N–H and O–H groups in total. The van der Waals surface area contributed by atoms with E-state index >= 15 is 0 Å². The van der Waals surface area contributed by atoms with Crippen LogP contribution in [0.2, 0.25) is 0 Å². The average molecular weight is 237 g/mol. The van der Waals surface area contributed by atoms with Crippen molar-refractivity contribution < 1.29 is 14.6 Å². The number of amides is 2. The Morgan fingerprint density at radius 2 is 2.29 bits per heavy atom. The molecule has 2 rings (SSSR count). The number of rotatable bonds is 3. The van der Waals surface area contributed by atoms with E-state index in [9.17, 15) is 14.9 Å². The van der Waals surface area contributed by atoms with Gasteiger partial charge in [0.05, 0.1) is 11.5 Å². The first-order chi connectivity index (χ1) is 8.08. The monoisotopic (exact) mass is 237 g/mol. The molecule has 0 radical (unpaired) electrons. The number of urea groups is 1. The summed E-state index contributed by atoms with van der Waals surface area (Å²) in [7, 11) is 1.62. The van der Waals surface area contributed by atoms with Gasteiger partial charge in [0, 0.05) is 19.2 Å². The molecular formula is C10H11N3O4. The molecule has 0 aromatic heterocycles. The van der Waals surface area contributed by atoms with Crippen molar-refractivity contribution in [3.8, 4) is 0 Å². The maximum atomic E-state index is 11.5. The van der Waals surface area contributed by atoms with Crippen molar-refractivity contribution in [2.45, 2.75) is 6.54 Å². The second-order valence-corrected chi connectivity index (χ2v) is 3.70. The molecule has 0 unspecified atom stereocenters. The summed E-state index contributed by atoms with van der Waals surface area (Å²) in [6.07, 6.45) is 0. The van der Waals surface area contributed by atoms with Gasteiger partial charge in [0.2, 0.25) is 0 Å². The highest BCUT2D eigenvalue weighted by atomic mass is 16.7. The van der Waals surface area contributed by atoms with Gasteiger partial charge in [0.15, 0.2) is 6.73 Å². The Balaban J connectivity index is 2.11. The molecule has 1 aliphatic heterocycles. The van der Waals surface area contributed by atoms with E-state index in [0.717, 1.165) is 0 Å². The Labute approximate surface area is 97.3 Å². The van der Waals surface area contributed by atoms with Crippen LogP contribution in [0.4, 0.5) is 10.5 Å². The number of nitro benzene ring substituents is 1. The Morgan fingerprint density at radius 3 is 2.88 bits per heavy atom. The van der Waals surface area contributed by atoms with Crippen LogP contribution in [0.5, 0.6) is 0 Å². The standard InChI is InChI=1S/C10H11N3O4/c1-11-7-17-12(10(11)14)6-8-3-2-4-9(5-8)13(15)16/h2-5H,6-7H2,1H3. The molecule has 0 aliphatic carbocycles. The van der Waals surface area contributed by atoms with Gasteiger partial charge in [-0.15, -0.1) is 0 Å². The summed E-state index contributed by atoms with van der Waals surface area (Å²) in [4.78, 5) is 28.2. The van der Waals surface area contributed by atoms with Crippen molar-refractivity contribution in [2.75, 3.05) is 13.8 Å². The van der Waals surface area contributed by atoms with Gasteiger partial charge in [0.25, 0.3) is 5.69 Å². The van der Waals surface area contributed by atoms with Crippen LogP contribution in [-0.4, -0.2) is 34.7 Å². The molecule has 1 aromatic rings. The third-order valence-corrected chi connectivity index (χ3v) is 2.39. The molecule has 90 valence electrons. The highest BCUT2D eigenvalue weighted by Crippen LogP contribution is 2.17. The molecule has 2 amide bonds. The Morgan fingerprint density at radius 1 is 1.53 bits per heavy atom. The zero-order valence-corrected chi connectivity index (χ0v) is 9.20. The van der Waals surface area contributed by atoms with Crippen LogP contribution in [0.15, 0.2) is 24.3 Å². The Kier molecular flexibility index (Phi) is 2.92.